The molecular weight excluding hydrogens is 361 g/mol. The summed E-state index contributed by atoms with van der Waals surface area (Å²) in [6, 6.07) is 5.42. The predicted octanol–water partition coefficient (Wildman–Crippen LogP) is 5.48. The molecule has 0 aliphatic rings. The smallest absolute Gasteiger partial charge is 0.296 e. The number of aromatic hydroxyl groups is 1. The Morgan fingerprint density at radius 3 is 2.52 bits per heavy atom. The summed E-state index contributed by atoms with van der Waals surface area (Å²) in [7, 11) is 1.59. The number of halogens is 2. The molecule has 7 heteroatoms. The van der Waals surface area contributed by atoms with Crippen LogP contribution >= 0.6 is 23.2 Å². The molecule has 0 atom stereocenters. The highest BCUT2D eigenvalue weighted by Gasteiger charge is 2.23. The van der Waals surface area contributed by atoms with Crippen molar-refractivity contribution in [2.24, 2.45) is 0 Å². The lowest BCUT2D eigenvalue weighted by atomic mass is 10.0. The molecule has 3 aromatic rings. The number of benzene rings is 1. The quantitative estimate of drug-likeness (QED) is 0.637. The van der Waals surface area contributed by atoms with Crippen molar-refractivity contribution in [1.82, 2.24) is 14.5 Å². The van der Waals surface area contributed by atoms with Crippen LogP contribution in [0.15, 0.2) is 24.4 Å². The van der Waals surface area contributed by atoms with Crippen LogP contribution in [0, 0.1) is 0 Å². The van der Waals surface area contributed by atoms with Crippen LogP contribution in [0.1, 0.15) is 32.7 Å². The maximum Gasteiger partial charge on any atom is 0.296 e. The Balaban J connectivity index is 2.36. The summed E-state index contributed by atoms with van der Waals surface area (Å²) in [6.45, 7) is 4.13. The van der Waals surface area contributed by atoms with Gasteiger partial charge in [-0.3, -0.25) is 4.57 Å². The second kappa shape index (κ2) is 7.10. The first kappa shape index (κ1) is 17.8. The molecule has 0 aliphatic heterocycles. The molecule has 1 aromatic carbocycles. The fourth-order valence-electron chi connectivity index (χ4n) is 3.11. The van der Waals surface area contributed by atoms with Crippen molar-refractivity contribution in [3.63, 3.8) is 0 Å². The number of ether oxygens (including phenoxy) is 1. The van der Waals surface area contributed by atoms with Crippen molar-refractivity contribution < 1.29 is 9.84 Å². The summed E-state index contributed by atoms with van der Waals surface area (Å²) in [4.78, 5) is 8.47. The zero-order valence-corrected chi connectivity index (χ0v) is 15.8. The van der Waals surface area contributed by atoms with Crippen LogP contribution in [0.4, 0.5) is 0 Å². The van der Waals surface area contributed by atoms with Crippen LogP contribution < -0.4 is 4.74 Å². The first-order chi connectivity index (χ1) is 12.0. The average molecular weight is 380 g/mol. The molecule has 0 unspecified atom stereocenters. The van der Waals surface area contributed by atoms with E-state index < -0.39 is 0 Å². The summed E-state index contributed by atoms with van der Waals surface area (Å²) in [6.07, 6.45) is 3.22. The van der Waals surface area contributed by atoms with E-state index in [1.165, 1.54) is 6.20 Å². The lowest BCUT2D eigenvalue weighted by molar-refractivity contribution is 0.362. The van der Waals surface area contributed by atoms with Gasteiger partial charge in [0.1, 0.15) is 11.3 Å². The highest BCUT2D eigenvalue weighted by Crippen LogP contribution is 2.42. The van der Waals surface area contributed by atoms with Gasteiger partial charge in [-0.25, -0.2) is 4.98 Å². The van der Waals surface area contributed by atoms with Crippen LogP contribution in [0.2, 0.25) is 10.0 Å². The van der Waals surface area contributed by atoms with E-state index in [4.69, 9.17) is 27.9 Å². The summed E-state index contributed by atoms with van der Waals surface area (Å²) in [5.74, 6) is 0.659. The lowest BCUT2D eigenvalue weighted by Crippen LogP contribution is -2.07. The molecule has 0 saturated heterocycles. The van der Waals surface area contributed by atoms with Gasteiger partial charge in [-0.2, -0.15) is 4.98 Å². The van der Waals surface area contributed by atoms with Gasteiger partial charge in [0.25, 0.3) is 6.01 Å². The normalized spacial score (nSPS) is 11.4. The van der Waals surface area contributed by atoms with Crippen molar-refractivity contribution >= 4 is 34.4 Å². The second-order valence-electron chi connectivity index (χ2n) is 5.75. The molecule has 0 amide bonds. The molecule has 0 aliphatic carbocycles. The third kappa shape index (κ3) is 3.02. The fourth-order valence-corrected chi connectivity index (χ4v) is 3.61. The zero-order valence-electron chi connectivity index (χ0n) is 14.3. The van der Waals surface area contributed by atoms with E-state index >= 15 is 0 Å². The predicted molar refractivity (Wildman–Crippen MR) is 101 cm³/mol. The van der Waals surface area contributed by atoms with E-state index in [1.807, 2.05) is 12.1 Å². The lowest BCUT2D eigenvalue weighted by Gasteiger charge is -2.18. The third-order valence-electron chi connectivity index (χ3n) is 4.40. The van der Waals surface area contributed by atoms with Crippen LogP contribution in [-0.2, 0) is 0 Å². The van der Waals surface area contributed by atoms with E-state index in [0.717, 1.165) is 18.4 Å². The Kier molecular flexibility index (Phi) is 5.06. The molecule has 0 spiro atoms. The van der Waals surface area contributed by atoms with Gasteiger partial charge >= 0.3 is 0 Å². The molecule has 0 bridgehead atoms. The van der Waals surface area contributed by atoms with Gasteiger partial charge in [-0.15, -0.1) is 0 Å². The second-order valence-corrected chi connectivity index (χ2v) is 6.57. The number of hydrogen-bond donors (Lipinski definition) is 1. The number of rotatable bonds is 5. The van der Waals surface area contributed by atoms with Crippen LogP contribution in [0.3, 0.4) is 0 Å². The number of pyridine rings is 1. The minimum Gasteiger partial charge on any atom is -0.497 e. The van der Waals surface area contributed by atoms with Crippen LogP contribution in [0.25, 0.3) is 22.3 Å². The molecule has 0 radical (unpaired) electrons. The maximum absolute atomic E-state index is 10.4. The van der Waals surface area contributed by atoms with Gasteiger partial charge in [0.2, 0.25) is 0 Å². The number of hydrogen-bond acceptors (Lipinski definition) is 4. The van der Waals surface area contributed by atoms with Gasteiger partial charge in [0.05, 0.1) is 17.2 Å². The van der Waals surface area contributed by atoms with E-state index in [0.29, 0.717) is 32.5 Å². The Labute approximate surface area is 156 Å². The molecule has 2 aromatic heterocycles. The van der Waals surface area contributed by atoms with Gasteiger partial charge < -0.3 is 9.84 Å². The molecule has 3 rings (SSSR count). The molecule has 132 valence electrons. The van der Waals surface area contributed by atoms with E-state index in [-0.39, 0.29) is 12.1 Å². The minimum absolute atomic E-state index is 0.0654. The van der Waals surface area contributed by atoms with Gasteiger partial charge in [-0.05, 0) is 31.0 Å². The largest absolute Gasteiger partial charge is 0.497 e. The maximum atomic E-state index is 10.4. The molecule has 25 heavy (non-hydrogen) atoms. The van der Waals surface area contributed by atoms with Gasteiger partial charge in [0, 0.05) is 23.4 Å². The fraction of sp³-hybridized carbons (Fsp3) is 0.333. The molecular formula is C18H19Cl2N3O2. The van der Waals surface area contributed by atoms with E-state index in [2.05, 4.69) is 23.8 Å². The first-order valence-corrected chi connectivity index (χ1v) is 8.86. The summed E-state index contributed by atoms with van der Waals surface area (Å²) < 4.78 is 7.01. The number of nitrogens with zero attached hydrogens (tertiary/aromatic N) is 3. The van der Waals surface area contributed by atoms with Crippen LogP contribution in [0.5, 0.6) is 11.8 Å². The Bertz CT molecular complexity index is 920. The molecule has 0 fully saturated rings. The van der Waals surface area contributed by atoms with Gasteiger partial charge in [-0.1, -0.05) is 37.0 Å². The van der Waals surface area contributed by atoms with Crippen LogP contribution in [-0.4, -0.2) is 26.8 Å². The summed E-state index contributed by atoms with van der Waals surface area (Å²) in [5.41, 5.74) is 2.58. The van der Waals surface area contributed by atoms with Crippen molar-refractivity contribution in [3.05, 3.63) is 34.4 Å². The Morgan fingerprint density at radius 2 is 1.92 bits per heavy atom. The van der Waals surface area contributed by atoms with E-state index in [9.17, 15) is 5.11 Å². The highest BCUT2D eigenvalue weighted by atomic mass is 35.5. The molecule has 0 saturated carbocycles. The summed E-state index contributed by atoms with van der Waals surface area (Å²) in [5, 5.41) is 11.4. The summed E-state index contributed by atoms with van der Waals surface area (Å²) >= 11 is 13.0. The third-order valence-corrected chi connectivity index (χ3v) is 5.00. The van der Waals surface area contributed by atoms with Crippen molar-refractivity contribution in [2.75, 3.05) is 7.11 Å². The number of aromatic nitrogens is 3. The average Bonchev–Trinajstić information content (AvgIpc) is 2.93. The molecule has 2 heterocycles. The number of methoxy groups -OCH3 is 1. The standard InChI is InChI=1S/C18H19Cl2N3O2/c1-4-10(5-2)23-16-15(12-7-6-11(25-3)8-13(12)19)14(20)9-21-17(16)22-18(23)24/h6-10H,4-5H2,1-3H3,(H,21,22,24). The van der Waals surface area contributed by atoms with Crippen molar-refractivity contribution in [1.29, 1.82) is 0 Å². The first-order valence-electron chi connectivity index (χ1n) is 8.11. The zero-order chi connectivity index (χ0) is 18.1. The topological polar surface area (TPSA) is 60.2 Å². The minimum atomic E-state index is -0.0654. The SMILES string of the molecule is CCC(CC)n1c(O)nc2ncc(Cl)c(-c3ccc(OC)cc3Cl)c21. The van der Waals surface area contributed by atoms with Crippen molar-refractivity contribution in [2.45, 2.75) is 32.7 Å². The number of fused-ring (bicyclic) bond motifs is 1. The molecule has 1 N–H and O–H groups in total. The Hall–Kier alpha value is -1.98. The molecule has 5 nitrogen and oxygen atoms in total. The van der Waals surface area contributed by atoms with Gasteiger partial charge in [0.15, 0.2) is 5.65 Å². The number of imidazole rings is 1. The Morgan fingerprint density at radius 1 is 1.20 bits per heavy atom. The van der Waals surface area contributed by atoms with Crippen molar-refractivity contribution in [3.8, 4) is 22.9 Å². The van der Waals surface area contributed by atoms with E-state index in [1.54, 1.807) is 17.7 Å². The highest BCUT2D eigenvalue weighted by molar-refractivity contribution is 6.37. The monoisotopic (exact) mass is 379 g/mol.